The number of phenolic OH excluding ortho intramolecular Hbond substituents is 1. The molecule has 1 heterocycles. The van der Waals surface area contributed by atoms with Crippen molar-refractivity contribution in [2.75, 3.05) is 20.6 Å². The molecule has 1 saturated carbocycles. The minimum atomic E-state index is -0.867. The number of hydrogen-bond acceptors (Lipinski definition) is 4. The van der Waals surface area contributed by atoms with Crippen LogP contribution in [0.15, 0.2) is 42.5 Å². The number of rotatable bonds is 1. The summed E-state index contributed by atoms with van der Waals surface area (Å²) in [4.78, 5) is 17.1. The Kier molecular flexibility index (Phi) is 5.27. The van der Waals surface area contributed by atoms with Gasteiger partial charge in [0.05, 0.1) is 5.60 Å². The Bertz CT molecular complexity index is 1170. The maximum atomic E-state index is 13.0. The highest BCUT2D eigenvalue weighted by atomic mass is 16.3. The van der Waals surface area contributed by atoms with Gasteiger partial charge in [0.1, 0.15) is 5.75 Å². The zero-order chi connectivity index (χ0) is 23.4. The average molecular weight is 445 g/mol. The summed E-state index contributed by atoms with van der Waals surface area (Å²) in [5, 5.41) is 22.4. The van der Waals surface area contributed by atoms with E-state index < -0.39 is 11.0 Å². The predicted octanol–water partition coefficient (Wildman–Crippen LogP) is 2.99. The summed E-state index contributed by atoms with van der Waals surface area (Å²) in [5.41, 5.74) is 2.87. The molecule has 1 amide bonds. The van der Waals surface area contributed by atoms with E-state index in [9.17, 15) is 15.0 Å². The van der Waals surface area contributed by atoms with Crippen LogP contribution in [0.1, 0.15) is 47.9 Å². The van der Waals surface area contributed by atoms with Gasteiger partial charge in [-0.05, 0) is 93.6 Å². The van der Waals surface area contributed by atoms with Crippen molar-refractivity contribution in [3.05, 3.63) is 64.7 Å². The molecule has 3 aliphatic rings. The number of aryl methyl sites for hydroxylation is 1. The third kappa shape index (κ3) is 3.44. The maximum Gasteiger partial charge on any atom is 0.298 e. The van der Waals surface area contributed by atoms with Crippen molar-refractivity contribution in [2.24, 2.45) is 0 Å². The summed E-state index contributed by atoms with van der Waals surface area (Å²) in [7, 11) is 3.93. The van der Waals surface area contributed by atoms with Crippen LogP contribution in [0.4, 0.5) is 0 Å². The Morgan fingerprint density at radius 2 is 2.03 bits per heavy atom. The van der Waals surface area contributed by atoms with E-state index in [0.29, 0.717) is 12.8 Å². The minimum absolute atomic E-state index is 0.0121. The SMILES string of the molecule is Cc1cccc(C#CC(=O)N(C)[C@@H]2CC[C@]3(O)[C@H]4Cc5ccc(O)cc5[C@@]3(CCN4C)C2)c1. The number of aromatic hydroxyl groups is 1. The number of benzene rings is 2. The molecular weight excluding hydrogens is 412 g/mol. The standard InChI is InChI=1S/C28H32N2O3/c1-19-5-4-6-20(15-19)7-10-26(32)30(3)22-11-12-28(33)25-16-21-8-9-23(31)17-24(21)27(28,18-22)13-14-29(25)2/h4-6,8-9,15,17,22,25,31,33H,11-14,16,18H2,1-3H3/t22-,25-,27-,28+/m1/s1. The molecule has 5 nitrogen and oxygen atoms in total. The van der Waals surface area contributed by atoms with Crippen LogP contribution in [0.3, 0.4) is 0 Å². The quantitative estimate of drug-likeness (QED) is 0.664. The van der Waals surface area contributed by atoms with Gasteiger partial charge in [0.15, 0.2) is 0 Å². The number of amides is 1. The first kappa shape index (κ1) is 22.0. The van der Waals surface area contributed by atoms with Crippen molar-refractivity contribution in [2.45, 2.75) is 62.1 Å². The van der Waals surface area contributed by atoms with Crippen molar-refractivity contribution < 1.29 is 15.0 Å². The molecule has 0 spiro atoms. The molecule has 0 unspecified atom stereocenters. The zero-order valence-corrected chi connectivity index (χ0v) is 19.6. The normalized spacial score (nSPS) is 30.4. The summed E-state index contributed by atoms with van der Waals surface area (Å²) < 4.78 is 0. The van der Waals surface area contributed by atoms with Crippen molar-refractivity contribution >= 4 is 5.91 Å². The lowest BCUT2D eigenvalue weighted by Crippen LogP contribution is -2.73. The number of likely N-dealkylation sites (tertiary alicyclic amines) is 1. The van der Waals surface area contributed by atoms with Gasteiger partial charge >= 0.3 is 0 Å². The number of phenols is 1. The minimum Gasteiger partial charge on any atom is -0.508 e. The second-order valence-corrected chi connectivity index (χ2v) is 10.2. The van der Waals surface area contributed by atoms with Crippen molar-refractivity contribution in [1.82, 2.24) is 9.80 Å². The molecule has 0 radical (unpaired) electrons. The number of carbonyl (C=O) groups excluding carboxylic acids is 1. The molecule has 2 aromatic carbocycles. The fourth-order valence-electron chi connectivity index (χ4n) is 6.63. The van der Waals surface area contributed by atoms with Crippen molar-refractivity contribution in [1.29, 1.82) is 0 Å². The average Bonchev–Trinajstić information content (AvgIpc) is 2.79. The maximum absolute atomic E-state index is 13.0. The summed E-state index contributed by atoms with van der Waals surface area (Å²) >= 11 is 0. The third-order valence-corrected chi connectivity index (χ3v) is 8.47. The molecule has 5 rings (SSSR count). The van der Waals surface area contributed by atoms with E-state index in [2.05, 4.69) is 23.8 Å². The molecule has 2 aromatic rings. The number of piperidine rings is 1. The Morgan fingerprint density at radius 3 is 2.82 bits per heavy atom. The fraction of sp³-hybridized carbons (Fsp3) is 0.464. The number of nitrogens with zero attached hydrogens (tertiary/aromatic N) is 2. The van der Waals surface area contributed by atoms with E-state index in [1.54, 1.807) is 11.0 Å². The van der Waals surface area contributed by atoms with Gasteiger partial charge in [0.25, 0.3) is 5.91 Å². The van der Waals surface area contributed by atoms with Crippen LogP contribution >= 0.6 is 0 Å². The van der Waals surface area contributed by atoms with Gasteiger partial charge in [-0.25, -0.2) is 0 Å². The molecule has 4 atom stereocenters. The highest BCUT2D eigenvalue weighted by Crippen LogP contribution is 2.58. The molecule has 5 heteroatoms. The van der Waals surface area contributed by atoms with Crippen LogP contribution in [-0.4, -0.2) is 64.2 Å². The van der Waals surface area contributed by atoms with Gasteiger partial charge < -0.3 is 20.0 Å². The van der Waals surface area contributed by atoms with Crippen LogP contribution in [0.5, 0.6) is 5.75 Å². The molecular formula is C28H32N2O3. The zero-order valence-electron chi connectivity index (χ0n) is 19.6. The van der Waals surface area contributed by atoms with Gasteiger partial charge in [-0.2, -0.15) is 0 Å². The first-order valence-corrected chi connectivity index (χ1v) is 11.8. The molecule has 172 valence electrons. The van der Waals surface area contributed by atoms with E-state index >= 15 is 0 Å². The molecule has 0 aromatic heterocycles. The summed E-state index contributed by atoms with van der Waals surface area (Å²) in [5.74, 6) is 5.87. The summed E-state index contributed by atoms with van der Waals surface area (Å²) in [6, 6.07) is 13.5. The molecule has 2 bridgehead atoms. The predicted molar refractivity (Wildman–Crippen MR) is 128 cm³/mol. The van der Waals surface area contributed by atoms with E-state index in [1.165, 1.54) is 5.56 Å². The van der Waals surface area contributed by atoms with Crippen LogP contribution in [0, 0.1) is 18.8 Å². The van der Waals surface area contributed by atoms with Crippen molar-refractivity contribution in [3.63, 3.8) is 0 Å². The molecule has 2 N–H and O–H groups in total. The van der Waals surface area contributed by atoms with Gasteiger partial charge in [0.2, 0.25) is 0 Å². The number of likely N-dealkylation sites (N-methyl/N-ethyl adjacent to an activating group) is 1. The fourth-order valence-corrected chi connectivity index (χ4v) is 6.63. The molecule has 1 aliphatic heterocycles. The Labute approximate surface area is 196 Å². The number of aliphatic hydroxyl groups is 1. The Hall–Kier alpha value is -2.81. The largest absolute Gasteiger partial charge is 0.508 e. The second kappa shape index (κ2) is 7.90. The highest BCUT2D eigenvalue weighted by molar-refractivity contribution is 5.94. The lowest BCUT2D eigenvalue weighted by Gasteiger charge is -2.64. The Balaban J connectivity index is 1.46. The third-order valence-electron chi connectivity index (χ3n) is 8.47. The lowest BCUT2D eigenvalue weighted by atomic mass is 9.49. The van der Waals surface area contributed by atoms with Crippen LogP contribution < -0.4 is 0 Å². The van der Waals surface area contributed by atoms with E-state index in [-0.39, 0.29) is 23.7 Å². The van der Waals surface area contributed by atoms with Crippen LogP contribution in [-0.2, 0) is 16.6 Å². The lowest BCUT2D eigenvalue weighted by molar-refractivity contribution is -0.172. The second-order valence-electron chi connectivity index (χ2n) is 10.2. The molecule has 2 aliphatic carbocycles. The number of fused-ring (bicyclic) bond motifs is 1. The molecule has 33 heavy (non-hydrogen) atoms. The van der Waals surface area contributed by atoms with Gasteiger partial charge in [-0.1, -0.05) is 24.1 Å². The summed E-state index contributed by atoms with van der Waals surface area (Å²) in [6.07, 6.45) is 3.64. The highest BCUT2D eigenvalue weighted by Gasteiger charge is 2.64. The smallest absolute Gasteiger partial charge is 0.298 e. The van der Waals surface area contributed by atoms with Gasteiger partial charge in [-0.3, -0.25) is 4.79 Å². The van der Waals surface area contributed by atoms with E-state index in [1.807, 2.05) is 50.4 Å². The topological polar surface area (TPSA) is 64.0 Å². The molecule has 2 fully saturated rings. The first-order chi connectivity index (χ1) is 15.7. The van der Waals surface area contributed by atoms with Crippen LogP contribution in [0.25, 0.3) is 0 Å². The van der Waals surface area contributed by atoms with Gasteiger partial charge in [-0.15, -0.1) is 0 Å². The number of hydrogen-bond donors (Lipinski definition) is 2. The molecule has 1 saturated heterocycles. The van der Waals surface area contributed by atoms with Crippen molar-refractivity contribution in [3.8, 4) is 17.6 Å². The van der Waals surface area contributed by atoms with E-state index in [0.717, 1.165) is 42.5 Å². The van der Waals surface area contributed by atoms with Crippen LogP contribution in [0.2, 0.25) is 0 Å². The Morgan fingerprint density at radius 1 is 1.21 bits per heavy atom. The number of carbonyl (C=O) groups is 1. The van der Waals surface area contributed by atoms with Gasteiger partial charge in [0, 0.05) is 36.0 Å². The van der Waals surface area contributed by atoms with E-state index in [4.69, 9.17) is 0 Å². The first-order valence-electron chi connectivity index (χ1n) is 11.8. The summed E-state index contributed by atoms with van der Waals surface area (Å²) in [6.45, 7) is 2.90. The monoisotopic (exact) mass is 444 g/mol.